The Morgan fingerprint density at radius 1 is 0.963 bits per heavy atom. The van der Waals surface area contributed by atoms with Crippen molar-refractivity contribution in [1.29, 1.82) is 0 Å². The van der Waals surface area contributed by atoms with Crippen molar-refractivity contribution in [1.82, 2.24) is 9.97 Å². The van der Waals surface area contributed by atoms with Gasteiger partial charge < -0.3 is 14.5 Å². The second kappa shape index (κ2) is 7.07. The highest BCUT2D eigenvalue weighted by atomic mass is 19.1. The lowest BCUT2D eigenvalue weighted by Gasteiger charge is -2.12. The number of nitrogens with zero attached hydrogens (tertiary/aromatic N) is 1. The second-order valence-electron chi connectivity index (χ2n) is 5.99. The van der Waals surface area contributed by atoms with Crippen LogP contribution in [0.4, 0.5) is 8.78 Å². The Bertz CT molecular complexity index is 1080. The molecule has 0 amide bonds. The summed E-state index contributed by atoms with van der Waals surface area (Å²) in [6.07, 6.45) is 0. The topological polar surface area (TPSA) is 47.1 Å². The summed E-state index contributed by atoms with van der Waals surface area (Å²) < 4.78 is 37.7. The van der Waals surface area contributed by atoms with Crippen molar-refractivity contribution in [2.75, 3.05) is 7.11 Å². The fourth-order valence-electron chi connectivity index (χ4n) is 2.88. The maximum Gasteiger partial charge on any atom is 0.167 e. The van der Waals surface area contributed by atoms with Gasteiger partial charge in [0.05, 0.1) is 18.1 Å². The molecule has 6 heteroatoms. The zero-order valence-electron chi connectivity index (χ0n) is 14.5. The lowest BCUT2D eigenvalue weighted by atomic mass is 10.1. The van der Waals surface area contributed by atoms with E-state index in [-0.39, 0.29) is 12.4 Å². The first-order valence-electron chi connectivity index (χ1n) is 8.34. The number of imidazole rings is 1. The first-order chi connectivity index (χ1) is 13.1. The number of para-hydroxylation sites is 2. The van der Waals surface area contributed by atoms with Gasteiger partial charge in [-0.3, -0.25) is 0 Å². The van der Waals surface area contributed by atoms with Crippen LogP contribution < -0.4 is 9.47 Å². The number of fused-ring (bicyclic) bond motifs is 1. The summed E-state index contributed by atoms with van der Waals surface area (Å²) in [6, 6.07) is 16.5. The van der Waals surface area contributed by atoms with Gasteiger partial charge in [0.15, 0.2) is 11.6 Å². The maximum atomic E-state index is 13.8. The van der Waals surface area contributed by atoms with Crippen molar-refractivity contribution < 1.29 is 18.3 Å². The predicted octanol–water partition coefficient (Wildman–Crippen LogP) is 5.10. The van der Waals surface area contributed by atoms with Gasteiger partial charge >= 0.3 is 0 Å². The lowest BCUT2D eigenvalue weighted by molar-refractivity contribution is 0.282. The zero-order chi connectivity index (χ0) is 18.8. The van der Waals surface area contributed by atoms with Crippen LogP contribution in [0.2, 0.25) is 0 Å². The molecule has 0 unspecified atom stereocenters. The number of halogens is 2. The van der Waals surface area contributed by atoms with Gasteiger partial charge in [-0.25, -0.2) is 13.8 Å². The predicted molar refractivity (Wildman–Crippen MR) is 98.8 cm³/mol. The van der Waals surface area contributed by atoms with Gasteiger partial charge in [0.2, 0.25) is 0 Å². The van der Waals surface area contributed by atoms with Crippen molar-refractivity contribution >= 4 is 11.0 Å². The summed E-state index contributed by atoms with van der Waals surface area (Å²) in [5.41, 5.74) is 3.38. The van der Waals surface area contributed by atoms with Crippen molar-refractivity contribution in [2.24, 2.45) is 0 Å². The first kappa shape index (κ1) is 17.0. The molecule has 27 heavy (non-hydrogen) atoms. The maximum absolute atomic E-state index is 13.8. The number of ether oxygens (including phenoxy) is 2. The van der Waals surface area contributed by atoms with Crippen molar-refractivity contribution in [3.8, 4) is 22.9 Å². The van der Waals surface area contributed by atoms with Gasteiger partial charge in [-0.2, -0.15) is 0 Å². The first-order valence-corrected chi connectivity index (χ1v) is 8.34. The van der Waals surface area contributed by atoms with Crippen LogP contribution in [0.3, 0.4) is 0 Å². The van der Waals surface area contributed by atoms with E-state index in [1.165, 1.54) is 6.07 Å². The number of H-pyrrole nitrogens is 1. The summed E-state index contributed by atoms with van der Waals surface area (Å²) in [6.45, 7) is 0.0692. The van der Waals surface area contributed by atoms with Gasteiger partial charge in [-0.05, 0) is 42.5 Å². The van der Waals surface area contributed by atoms with E-state index in [0.717, 1.165) is 34.3 Å². The number of benzene rings is 3. The standard InChI is InChI=1S/C21H16F2N2O2/c1-26-19-8-6-13(21-24-17-4-2-3-5-18(17)25-21)10-14(19)12-27-20-9-7-15(22)11-16(20)23/h2-11H,12H2,1H3,(H,24,25). The summed E-state index contributed by atoms with van der Waals surface area (Å²) in [4.78, 5) is 7.85. The molecular weight excluding hydrogens is 350 g/mol. The molecule has 1 heterocycles. The minimum absolute atomic E-state index is 0.0207. The molecule has 0 saturated heterocycles. The van der Waals surface area contributed by atoms with Gasteiger partial charge in [0.25, 0.3) is 0 Å². The quantitative estimate of drug-likeness (QED) is 0.535. The van der Waals surface area contributed by atoms with E-state index in [2.05, 4.69) is 9.97 Å². The van der Waals surface area contributed by atoms with Crippen LogP contribution >= 0.6 is 0 Å². The number of hydrogen-bond donors (Lipinski definition) is 1. The number of methoxy groups -OCH3 is 1. The summed E-state index contributed by atoms with van der Waals surface area (Å²) >= 11 is 0. The van der Waals surface area contributed by atoms with Gasteiger partial charge in [-0.1, -0.05) is 12.1 Å². The number of rotatable bonds is 5. The molecule has 0 aliphatic heterocycles. The van der Waals surface area contributed by atoms with E-state index in [0.29, 0.717) is 11.6 Å². The Morgan fingerprint density at radius 2 is 1.78 bits per heavy atom. The van der Waals surface area contributed by atoms with Crippen LogP contribution in [0.1, 0.15) is 5.56 Å². The highest BCUT2D eigenvalue weighted by molar-refractivity contribution is 5.79. The fraction of sp³-hybridized carbons (Fsp3) is 0.0952. The molecular formula is C21H16F2N2O2. The molecule has 4 rings (SSSR count). The molecule has 0 radical (unpaired) electrons. The Labute approximate surface area is 154 Å². The van der Waals surface area contributed by atoms with Crippen molar-refractivity contribution in [3.05, 3.63) is 77.9 Å². The third kappa shape index (κ3) is 3.46. The Kier molecular flexibility index (Phi) is 4.46. The van der Waals surface area contributed by atoms with Crippen molar-refractivity contribution in [3.63, 3.8) is 0 Å². The molecule has 0 saturated carbocycles. The largest absolute Gasteiger partial charge is 0.496 e. The normalized spacial score (nSPS) is 10.9. The van der Waals surface area contributed by atoms with Gasteiger partial charge in [-0.15, -0.1) is 0 Å². The van der Waals surface area contributed by atoms with Crippen LogP contribution in [0.15, 0.2) is 60.7 Å². The SMILES string of the molecule is COc1ccc(-c2nc3ccccc3[nH]2)cc1COc1ccc(F)cc1F. The minimum atomic E-state index is -0.748. The van der Waals surface area contributed by atoms with Crippen LogP contribution in [-0.4, -0.2) is 17.1 Å². The van der Waals surface area contributed by atoms with Gasteiger partial charge in [0.1, 0.15) is 24.0 Å². The molecule has 0 spiro atoms. The molecule has 4 nitrogen and oxygen atoms in total. The molecule has 0 fully saturated rings. The number of nitrogens with one attached hydrogen (secondary N) is 1. The van der Waals surface area contributed by atoms with Crippen LogP contribution in [0.25, 0.3) is 22.4 Å². The van der Waals surface area contributed by atoms with E-state index in [1.807, 2.05) is 42.5 Å². The molecule has 0 atom stereocenters. The fourth-order valence-corrected chi connectivity index (χ4v) is 2.88. The molecule has 1 N–H and O–H groups in total. The Hall–Kier alpha value is -3.41. The Balaban J connectivity index is 1.64. The van der Waals surface area contributed by atoms with Gasteiger partial charge in [0, 0.05) is 17.2 Å². The molecule has 0 bridgehead atoms. The summed E-state index contributed by atoms with van der Waals surface area (Å²) in [7, 11) is 1.55. The average Bonchev–Trinajstić information content (AvgIpc) is 3.11. The molecule has 4 aromatic rings. The number of aromatic nitrogens is 2. The van der Waals surface area contributed by atoms with Crippen LogP contribution in [-0.2, 0) is 6.61 Å². The van der Waals surface area contributed by atoms with Crippen LogP contribution in [0, 0.1) is 11.6 Å². The zero-order valence-corrected chi connectivity index (χ0v) is 14.5. The Morgan fingerprint density at radius 3 is 2.56 bits per heavy atom. The van der Waals surface area contributed by atoms with Crippen LogP contribution in [0.5, 0.6) is 11.5 Å². The summed E-state index contributed by atoms with van der Waals surface area (Å²) in [5.74, 6) is -0.0928. The highest BCUT2D eigenvalue weighted by Crippen LogP contribution is 2.28. The van der Waals surface area contributed by atoms with Crippen molar-refractivity contribution in [2.45, 2.75) is 6.61 Å². The van der Waals surface area contributed by atoms with E-state index < -0.39 is 11.6 Å². The average molecular weight is 366 g/mol. The third-order valence-electron chi connectivity index (χ3n) is 4.22. The number of aromatic amines is 1. The second-order valence-corrected chi connectivity index (χ2v) is 5.99. The van der Waals surface area contributed by atoms with E-state index in [1.54, 1.807) is 7.11 Å². The molecule has 0 aliphatic rings. The monoisotopic (exact) mass is 366 g/mol. The summed E-state index contributed by atoms with van der Waals surface area (Å²) in [5, 5.41) is 0. The highest BCUT2D eigenvalue weighted by Gasteiger charge is 2.12. The smallest absolute Gasteiger partial charge is 0.167 e. The lowest BCUT2D eigenvalue weighted by Crippen LogP contribution is -2.01. The van der Waals surface area contributed by atoms with E-state index in [9.17, 15) is 8.78 Å². The molecule has 0 aliphatic carbocycles. The number of hydrogen-bond acceptors (Lipinski definition) is 3. The molecule has 136 valence electrons. The molecule has 3 aromatic carbocycles. The van der Waals surface area contributed by atoms with E-state index >= 15 is 0 Å². The third-order valence-corrected chi connectivity index (χ3v) is 4.22. The molecule has 1 aromatic heterocycles. The van der Waals surface area contributed by atoms with E-state index in [4.69, 9.17) is 9.47 Å². The minimum Gasteiger partial charge on any atom is -0.496 e.